The lowest BCUT2D eigenvalue weighted by atomic mass is 9.86. The maximum atomic E-state index is 12.2. The Hall–Kier alpha value is -1.33. The Bertz CT molecular complexity index is 595. The number of carbonyl (C=O) groups excluding carboxylic acids is 2. The van der Waals surface area contributed by atoms with Gasteiger partial charge in [-0.15, -0.1) is 0 Å². The molecule has 7 heteroatoms. The maximum absolute atomic E-state index is 12.2. The van der Waals surface area contributed by atoms with Gasteiger partial charge in [-0.1, -0.05) is 43.0 Å². The van der Waals surface area contributed by atoms with Crippen molar-refractivity contribution in [2.45, 2.75) is 51.7 Å². The van der Waals surface area contributed by atoms with Crippen LogP contribution in [0.5, 0.6) is 0 Å². The number of halogens is 2. The van der Waals surface area contributed by atoms with Crippen molar-refractivity contribution in [3.63, 3.8) is 0 Å². The Morgan fingerprint density at radius 2 is 2.00 bits per heavy atom. The van der Waals surface area contributed by atoms with Gasteiger partial charge in [0.2, 0.25) is 0 Å². The van der Waals surface area contributed by atoms with Gasteiger partial charge in [0.05, 0.1) is 5.02 Å². The molecule has 0 bridgehead atoms. The standard InChI is InChI=1S/C16H20Cl2N2O3/c1-9-5-3-4-6-12(9)19-15(21)10(2)23-16(22)14-11(17)7-8-13(18)20-14/h7-10,12H,3-6H2,1-2H3,(H,19,21)/t9-,10-,12-/m0/s1. The molecule has 1 fully saturated rings. The van der Waals surface area contributed by atoms with Crippen LogP contribution < -0.4 is 5.32 Å². The zero-order chi connectivity index (χ0) is 17.0. The van der Waals surface area contributed by atoms with Crippen LogP contribution in [0.25, 0.3) is 0 Å². The largest absolute Gasteiger partial charge is 0.448 e. The quantitative estimate of drug-likeness (QED) is 0.659. The molecular formula is C16H20Cl2N2O3. The lowest BCUT2D eigenvalue weighted by molar-refractivity contribution is -0.130. The van der Waals surface area contributed by atoms with Crippen molar-refractivity contribution < 1.29 is 14.3 Å². The molecule has 0 saturated heterocycles. The molecule has 1 saturated carbocycles. The molecule has 23 heavy (non-hydrogen) atoms. The number of esters is 1. The monoisotopic (exact) mass is 358 g/mol. The minimum absolute atomic E-state index is 0.0927. The van der Waals surface area contributed by atoms with Crippen molar-refractivity contribution in [2.24, 2.45) is 5.92 Å². The van der Waals surface area contributed by atoms with Crippen LogP contribution in [0.1, 0.15) is 50.0 Å². The van der Waals surface area contributed by atoms with Gasteiger partial charge in [0.1, 0.15) is 5.15 Å². The Kier molecular flexibility index (Phi) is 6.25. The summed E-state index contributed by atoms with van der Waals surface area (Å²) in [5.41, 5.74) is -0.0927. The summed E-state index contributed by atoms with van der Waals surface area (Å²) in [6.07, 6.45) is 3.42. The second kappa shape index (κ2) is 7.97. The van der Waals surface area contributed by atoms with E-state index >= 15 is 0 Å². The normalized spacial score (nSPS) is 22.3. The number of nitrogens with one attached hydrogen (secondary N) is 1. The first-order valence-electron chi connectivity index (χ1n) is 7.72. The summed E-state index contributed by atoms with van der Waals surface area (Å²) in [7, 11) is 0. The molecule has 126 valence electrons. The number of nitrogens with zero attached hydrogens (tertiary/aromatic N) is 1. The van der Waals surface area contributed by atoms with Crippen LogP contribution in [-0.2, 0) is 9.53 Å². The van der Waals surface area contributed by atoms with Gasteiger partial charge < -0.3 is 10.1 Å². The molecule has 0 spiro atoms. The molecule has 0 unspecified atom stereocenters. The van der Waals surface area contributed by atoms with Crippen LogP contribution in [-0.4, -0.2) is 29.0 Å². The van der Waals surface area contributed by atoms with Crippen LogP contribution in [0.4, 0.5) is 0 Å². The molecule has 3 atom stereocenters. The third-order valence-electron chi connectivity index (χ3n) is 4.10. The van der Waals surface area contributed by atoms with Crippen LogP contribution in [0.3, 0.4) is 0 Å². The van der Waals surface area contributed by atoms with Gasteiger partial charge >= 0.3 is 5.97 Å². The molecule has 1 aliphatic carbocycles. The third-order valence-corrected chi connectivity index (χ3v) is 4.61. The molecule has 1 heterocycles. The number of amides is 1. The van der Waals surface area contributed by atoms with E-state index in [4.69, 9.17) is 27.9 Å². The van der Waals surface area contributed by atoms with Crippen molar-refractivity contribution in [2.75, 3.05) is 0 Å². The highest BCUT2D eigenvalue weighted by molar-refractivity contribution is 6.34. The predicted octanol–water partition coefficient (Wildman–Crippen LogP) is 3.63. The van der Waals surface area contributed by atoms with Gasteiger partial charge in [-0.05, 0) is 37.8 Å². The van der Waals surface area contributed by atoms with Gasteiger partial charge in [-0.2, -0.15) is 0 Å². The molecule has 1 amide bonds. The van der Waals surface area contributed by atoms with E-state index in [2.05, 4.69) is 17.2 Å². The molecule has 1 aliphatic rings. The Balaban J connectivity index is 1.94. The van der Waals surface area contributed by atoms with Gasteiger partial charge in [0.15, 0.2) is 11.8 Å². The first kappa shape index (κ1) is 18.0. The number of ether oxygens (including phenoxy) is 1. The fraction of sp³-hybridized carbons (Fsp3) is 0.562. The molecule has 1 N–H and O–H groups in total. The highest BCUT2D eigenvalue weighted by Crippen LogP contribution is 2.24. The molecular weight excluding hydrogens is 339 g/mol. The number of pyridine rings is 1. The van der Waals surface area contributed by atoms with Crippen molar-refractivity contribution in [1.29, 1.82) is 0 Å². The van der Waals surface area contributed by atoms with Gasteiger partial charge in [0, 0.05) is 6.04 Å². The summed E-state index contributed by atoms with van der Waals surface area (Å²) >= 11 is 11.7. The molecule has 2 rings (SSSR count). The molecule has 5 nitrogen and oxygen atoms in total. The lowest BCUT2D eigenvalue weighted by Crippen LogP contribution is -2.46. The topological polar surface area (TPSA) is 68.3 Å². The van der Waals surface area contributed by atoms with Crippen molar-refractivity contribution in [1.82, 2.24) is 10.3 Å². The van der Waals surface area contributed by atoms with Crippen molar-refractivity contribution in [3.05, 3.63) is 28.0 Å². The van der Waals surface area contributed by atoms with E-state index in [1.54, 1.807) is 0 Å². The average Bonchev–Trinajstić information content (AvgIpc) is 2.51. The second-order valence-corrected chi connectivity index (χ2v) is 6.68. The zero-order valence-electron chi connectivity index (χ0n) is 13.1. The first-order chi connectivity index (χ1) is 10.9. The van der Waals surface area contributed by atoms with E-state index in [1.807, 2.05) is 0 Å². The predicted molar refractivity (Wildman–Crippen MR) is 88.7 cm³/mol. The summed E-state index contributed by atoms with van der Waals surface area (Å²) in [5, 5.41) is 3.22. The maximum Gasteiger partial charge on any atom is 0.359 e. The molecule has 0 radical (unpaired) electrons. The van der Waals surface area contributed by atoms with Gasteiger partial charge in [-0.3, -0.25) is 4.79 Å². The van der Waals surface area contributed by atoms with Crippen LogP contribution in [0.2, 0.25) is 10.2 Å². The summed E-state index contributed by atoms with van der Waals surface area (Å²) in [6.45, 7) is 3.65. The number of hydrogen-bond donors (Lipinski definition) is 1. The van der Waals surface area contributed by atoms with Crippen molar-refractivity contribution in [3.8, 4) is 0 Å². The van der Waals surface area contributed by atoms with E-state index in [9.17, 15) is 9.59 Å². The molecule has 1 aromatic heterocycles. The minimum atomic E-state index is -0.923. The van der Waals surface area contributed by atoms with E-state index in [0.717, 1.165) is 19.3 Å². The Labute approximate surface area is 145 Å². The first-order valence-corrected chi connectivity index (χ1v) is 8.47. The molecule has 0 aromatic carbocycles. The van der Waals surface area contributed by atoms with E-state index < -0.39 is 12.1 Å². The summed E-state index contributed by atoms with van der Waals surface area (Å²) in [6, 6.07) is 3.06. The fourth-order valence-corrected chi connectivity index (χ4v) is 2.99. The third kappa shape index (κ3) is 4.82. The SMILES string of the molecule is C[C@H](OC(=O)c1nc(Cl)ccc1Cl)C(=O)N[C@H]1CCCC[C@@H]1C. The van der Waals surface area contributed by atoms with E-state index in [-0.39, 0.29) is 27.8 Å². The summed E-state index contributed by atoms with van der Waals surface area (Å²) < 4.78 is 5.15. The van der Waals surface area contributed by atoms with Crippen LogP contribution in [0, 0.1) is 5.92 Å². The number of aromatic nitrogens is 1. The van der Waals surface area contributed by atoms with Gasteiger partial charge in [0.25, 0.3) is 5.91 Å². The zero-order valence-corrected chi connectivity index (χ0v) is 14.7. The summed E-state index contributed by atoms with van der Waals surface area (Å²) in [5.74, 6) is -0.647. The lowest BCUT2D eigenvalue weighted by Gasteiger charge is -2.30. The Morgan fingerprint density at radius 1 is 1.30 bits per heavy atom. The summed E-state index contributed by atoms with van der Waals surface area (Å²) in [4.78, 5) is 28.1. The number of rotatable bonds is 4. The number of carbonyl (C=O) groups is 2. The number of hydrogen-bond acceptors (Lipinski definition) is 4. The van der Waals surface area contributed by atoms with E-state index in [1.165, 1.54) is 25.5 Å². The molecule has 1 aromatic rings. The van der Waals surface area contributed by atoms with E-state index in [0.29, 0.717) is 5.92 Å². The van der Waals surface area contributed by atoms with Crippen molar-refractivity contribution >= 4 is 35.1 Å². The second-order valence-electron chi connectivity index (χ2n) is 5.89. The smallest absolute Gasteiger partial charge is 0.359 e. The Morgan fingerprint density at radius 3 is 2.70 bits per heavy atom. The highest BCUT2D eigenvalue weighted by atomic mass is 35.5. The van der Waals surface area contributed by atoms with Gasteiger partial charge in [-0.25, -0.2) is 9.78 Å². The van der Waals surface area contributed by atoms with Crippen LogP contribution >= 0.6 is 23.2 Å². The van der Waals surface area contributed by atoms with Crippen LogP contribution in [0.15, 0.2) is 12.1 Å². The molecule has 0 aliphatic heterocycles. The fourth-order valence-electron chi connectivity index (χ4n) is 2.66. The highest BCUT2D eigenvalue weighted by Gasteiger charge is 2.27. The average molecular weight is 359 g/mol. The minimum Gasteiger partial charge on any atom is -0.448 e.